The van der Waals surface area contributed by atoms with Crippen LogP contribution in [-0.2, 0) is 12.1 Å². The minimum absolute atomic E-state index is 0.0227. The zero-order valence-electron chi connectivity index (χ0n) is 19.3. The molecule has 3 heterocycles. The van der Waals surface area contributed by atoms with Crippen LogP contribution in [0.25, 0.3) is 0 Å². The number of aromatic amines is 1. The summed E-state index contributed by atoms with van der Waals surface area (Å²) in [5.74, 6) is 1.13. The van der Waals surface area contributed by atoms with Gasteiger partial charge in [-0.3, -0.25) is 5.10 Å². The second-order valence-corrected chi connectivity index (χ2v) is 9.40. The number of nitrogens with one attached hydrogen (secondary N) is 3. The first kappa shape index (κ1) is 22.4. The molecule has 3 aromatic rings. The van der Waals surface area contributed by atoms with Gasteiger partial charge in [-0.2, -0.15) is 20.1 Å². The van der Waals surface area contributed by atoms with Gasteiger partial charge in [-0.15, -0.1) is 0 Å². The smallest absolute Gasteiger partial charge is 0.322 e. The normalized spacial score (nSPS) is 20.1. The van der Waals surface area contributed by atoms with Crippen molar-refractivity contribution in [3.8, 4) is 6.01 Å². The lowest BCUT2D eigenvalue weighted by molar-refractivity contribution is 0.142. The van der Waals surface area contributed by atoms with Crippen LogP contribution in [0.2, 0.25) is 5.28 Å². The number of halogens is 1. The monoisotopic (exact) mass is 482 g/mol. The summed E-state index contributed by atoms with van der Waals surface area (Å²) in [6, 6.07) is 10.5. The maximum absolute atomic E-state index is 13.2. The minimum atomic E-state index is -0.560. The van der Waals surface area contributed by atoms with E-state index in [-0.39, 0.29) is 29.3 Å². The van der Waals surface area contributed by atoms with Crippen molar-refractivity contribution in [2.24, 2.45) is 0 Å². The Balaban J connectivity index is 1.29. The highest BCUT2D eigenvalue weighted by atomic mass is 35.5. The maximum Gasteiger partial charge on any atom is 0.322 e. The highest BCUT2D eigenvalue weighted by Crippen LogP contribution is 2.43. The number of urea groups is 1. The average molecular weight is 483 g/mol. The lowest BCUT2D eigenvalue weighted by atomic mass is 10.0. The van der Waals surface area contributed by atoms with Crippen molar-refractivity contribution >= 4 is 29.4 Å². The summed E-state index contributed by atoms with van der Waals surface area (Å²) >= 11 is 6.04. The first-order valence-electron chi connectivity index (χ1n) is 11.4. The third-order valence-electron chi connectivity index (χ3n) is 6.30. The molecule has 0 spiro atoms. The SMILES string of the molecule is CCCOc1nc(Cl)nc(Nc2n[nH]c3c2CN(C(=O)N[C@H]2C[C@@H]2c2ccccc2)C3(C)C)n1. The number of ether oxygens (including phenoxy) is 1. The molecule has 5 rings (SSSR count). The number of rotatable bonds is 7. The van der Waals surface area contributed by atoms with E-state index in [1.165, 1.54) is 5.56 Å². The van der Waals surface area contributed by atoms with Crippen LogP contribution in [0.1, 0.15) is 56.4 Å². The Bertz CT molecular complexity index is 1200. The van der Waals surface area contributed by atoms with Gasteiger partial charge in [-0.1, -0.05) is 37.3 Å². The van der Waals surface area contributed by atoms with Crippen LogP contribution in [0.5, 0.6) is 6.01 Å². The van der Waals surface area contributed by atoms with E-state index < -0.39 is 5.54 Å². The van der Waals surface area contributed by atoms with Crippen molar-refractivity contribution in [3.05, 3.63) is 52.4 Å². The number of amides is 2. The summed E-state index contributed by atoms with van der Waals surface area (Å²) in [4.78, 5) is 27.4. The van der Waals surface area contributed by atoms with E-state index in [2.05, 4.69) is 47.9 Å². The van der Waals surface area contributed by atoms with Crippen molar-refractivity contribution in [1.82, 2.24) is 35.4 Å². The third kappa shape index (κ3) is 4.25. The van der Waals surface area contributed by atoms with Gasteiger partial charge in [-0.25, -0.2) is 4.79 Å². The molecule has 2 amide bonds. The Labute approximate surface area is 202 Å². The molecule has 10 nitrogen and oxygen atoms in total. The predicted molar refractivity (Wildman–Crippen MR) is 127 cm³/mol. The van der Waals surface area contributed by atoms with E-state index in [4.69, 9.17) is 16.3 Å². The summed E-state index contributed by atoms with van der Waals surface area (Å²) in [6.45, 7) is 6.86. The van der Waals surface area contributed by atoms with E-state index in [0.29, 0.717) is 24.9 Å². The lowest BCUT2D eigenvalue weighted by Gasteiger charge is -2.32. The van der Waals surface area contributed by atoms with Gasteiger partial charge in [-0.05, 0) is 43.9 Å². The first-order valence-corrected chi connectivity index (χ1v) is 11.8. The summed E-state index contributed by atoms with van der Waals surface area (Å²) in [6.07, 6.45) is 1.77. The van der Waals surface area contributed by atoms with Crippen molar-refractivity contribution in [2.75, 3.05) is 11.9 Å². The Morgan fingerprint density at radius 2 is 2.06 bits per heavy atom. The number of fused-ring (bicyclic) bond motifs is 1. The molecule has 1 fully saturated rings. The quantitative estimate of drug-likeness (QED) is 0.463. The molecule has 1 aromatic carbocycles. The Hall–Kier alpha value is -3.40. The van der Waals surface area contributed by atoms with Crippen LogP contribution in [0.3, 0.4) is 0 Å². The molecule has 0 radical (unpaired) electrons. The zero-order chi connectivity index (χ0) is 23.9. The fraction of sp³-hybridized carbons (Fsp3) is 0.435. The Kier molecular flexibility index (Phi) is 5.76. The van der Waals surface area contributed by atoms with E-state index in [0.717, 1.165) is 24.1 Å². The van der Waals surface area contributed by atoms with Crippen molar-refractivity contribution in [2.45, 2.75) is 57.7 Å². The standard InChI is InChI=1S/C23H27ClN8O2/c1-4-10-34-21-28-19(24)27-20(29-21)26-18-15-12-32(23(2,3)17(15)30-31-18)22(33)25-16-11-14(16)13-8-6-5-7-9-13/h5-9,14,16H,4,10-12H2,1-3H3,(H,25,33)(H2,26,27,28,29,30,31)/t14-,16+/m1/s1. The molecule has 0 saturated heterocycles. The molecule has 1 aliphatic carbocycles. The molecule has 2 aliphatic rings. The van der Waals surface area contributed by atoms with Crippen LogP contribution in [0, 0.1) is 0 Å². The minimum Gasteiger partial charge on any atom is -0.463 e. The Morgan fingerprint density at radius 1 is 1.26 bits per heavy atom. The van der Waals surface area contributed by atoms with E-state index in [9.17, 15) is 4.79 Å². The number of hydrogen-bond donors (Lipinski definition) is 3. The van der Waals surface area contributed by atoms with Crippen LogP contribution < -0.4 is 15.4 Å². The second-order valence-electron chi connectivity index (χ2n) is 9.06. The fourth-order valence-corrected chi connectivity index (χ4v) is 4.51. The van der Waals surface area contributed by atoms with Crippen molar-refractivity contribution in [1.29, 1.82) is 0 Å². The van der Waals surface area contributed by atoms with Gasteiger partial charge in [0.05, 0.1) is 24.4 Å². The number of hydrogen-bond acceptors (Lipinski definition) is 7. The molecule has 3 N–H and O–H groups in total. The number of aromatic nitrogens is 5. The summed E-state index contributed by atoms with van der Waals surface area (Å²) in [5.41, 5.74) is 2.44. The van der Waals surface area contributed by atoms with Gasteiger partial charge in [0.15, 0.2) is 5.82 Å². The molecule has 2 atom stereocenters. The predicted octanol–water partition coefficient (Wildman–Crippen LogP) is 4.10. The van der Waals surface area contributed by atoms with Gasteiger partial charge in [0.25, 0.3) is 0 Å². The first-order chi connectivity index (χ1) is 16.4. The van der Waals surface area contributed by atoms with Gasteiger partial charge in [0.1, 0.15) is 0 Å². The highest BCUT2D eigenvalue weighted by molar-refractivity contribution is 6.28. The van der Waals surface area contributed by atoms with Crippen LogP contribution in [0.15, 0.2) is 30.3 Å². The molecule has 0 unspecified atom stereocenters. The summed E-state index contributed by atoms with van der Waals surface area (Å²) in [7, 11) is 0. The van der Waals surface area contributed by atoms with Crippen molar-refractivity contribution < 1.29 is 9.53 Å². The molecule has 34 heavy (non-hydrogen) atoms. The third-order valence-corrected chi connectivity index (χ3v) is 6.46. The molecule has 1 saturated carbocycles. The zero-order valence-corrected chi connectivity index (χ0v) is 20.1. The number of carbonyl (C=O) groups is 1. The van der Waals surface area contributed by atoms with E-state index >= 15 is 0 Å². The molecule has 178 valence electrons. The summed E-state index contributed by atoms with van der Waals surface area (Å²) < 4.78 is 5.48. The number of nitrogens with zero attached hydrogens (tertiary/aromatic N) is 5. The van der Waals surface area contributed by atoms with Gasteiger partial charge in [0, 0.05) is 17.5 Å². The molecular formula is C23H27ClN8O2. The number of anilines is 2. The van der Waals surface area contributed by atoms with E-state index in [1.54, 1.807) is 0 Å². The van der Waals surface area contributed by atoms with Crippen LogP contribution >= 0.6 is 11.6 Å². The fourth-order valence-electron chi connectivity index (χ4n) is 4.36. The van der Waals surface area contributed by atoms with Gasteiger partial charge in [0.2, 0.25) is 11.2 Å². The Morgan fingerprint density at radius 3 is 2.82 bits per heavy atom. The molecule has 1 aliphatic heterocycles. The lowest BCUT2D eigenvalue weighted by Crippen LogP contribution is -2.47. The van der Waals surface area contributed by atoms with Gasteiger partial charge >= 0.3 is 12.0 Å². The second kappa shape index (κ2) is 8.75. The number of carbonyl (C=O) groups excluding carboxylic acids is 1. The van der Waals surface area contributed by atoms with E-state index in [1.807, 2.05) is 43.9 Å². The van der Waals surface area contributed by atoms with Gasteiger partial charge < -0.3 is 20.3 Å². The summed E-state index contributed by atoms with van der Waals surface area (Å²) in [5, 5.41) is 13.8. The average Bonchev–Trinajstić information content (AvgIpc) is 3.36. The maximum atomic E-state index is 13.2. The number of benzene rings is 1. The largest absolute Gasteiger partial charge is 0.463 e. The molecule has 11 heteroatoms. The molecular weight excluding hydrogens is 456 g/mol. The topological polar surface area (TPSA) is 121 Å². The highest BCUT2D eigenvalue weighted by Gasteiger charge is 2.46. The van der Waals surface area contributed by atoms with Crippen LogP contribution in [0.4, 0.5) is 16.6 Å². The molecule has 0 bridgehead atoms. The van der Waals surface area contributed by atoms with Crippen molar-refractivity contribution in [3.63, 3.8) is 0 Å². The number of H-pyrrole nitrogens is 1. The molecule has 2 aromatic heterocycles. The van der Waals surface area contributed by atoms with Crippen LogP contribution in [-0.4, -0.2) is 48.7 Å².